The van der Waals surface area contributed by atoms with Crippen LogP contribution in [0.3, 0.4) is 0 Å². The van der Waals surface area contributed by atoms with Crippen molar-refractivity contribution in [2.45, 2.75) is 29.1 Å². The van der Waals surface area contributed by atoms with E-state index in [1.807, 2.05) is 31.2 Å². The second-order valence-electron chi connectivity index (χ2n) is 7.50. The summed E-state index contributed by atoms with van der Waals surface area (Å²) < 4.78 is 33.7. The maximum Gasteiger partial charge on any atom is 0.243 e. The lowest BCUT2D eigenvalue weighted by atomic mass is 10.2. The number of aryl methyl sites for hydroxylation is 1. The summed E-state index contributed by atoms with van der Waals surface area (Å²) in [6.45, 7) is 5.17. The van der Waals surface area contributed by atoms with E-state index < -0.39 is 15.3 Å². The van der Waals surface area contributed by atoms with Gasteiger partial charge in [-0.15, -0.1) is 5.10 Å². The number of thioether (sulfide) groups is 1. The van der Waals surface area contributed by atoms with Gasteiger partial charge < -0.3 is 10.1 Å². The molecule has 0 radical (unpaired) electrons. The number of aromatic nitrogens is 4. The van der Waals surface area contributed by atoms with Gasteiger partial charge in [0.05, 0.1) is 29.0 Å². The van der Waals surface area contributed by atoms with Gasteiger partial charge in [-0.1, -0.05) is 23.9 Å². The lowest BCUT2D eigenvalue weighted by Crippen LogP contribution is -2.40. The highest BCUT2D eigenvalue weighted by atomic mass is 32.2. The average molecular weight is 489 g/mol. The maximum atomic E-state index is 12.7. The maximum absolute atomic E-state index is 12.7. The molecule has 3 aromatic rings. The van der Waals surface area contributed by atoms with Gasteiger partial charge in [0.2, 0.25) is 21.1 Å². The minimum atomic E-state index is -3.58. The zero-order chi connectivity index (χ0) is 23.4. The molecule has 0 aliphatic carbocycles. The number of benzene rings is 2. The Balaban J connectivity index is 1.40. The number of carbonyl (C=O) groups is 1. The predicted molar refractivity (Wildman–Crippen MR) is 124 cm³/mol. The number of tetrazole rings is 1. The number of anilines is 1. The van der Waals surface area contributed by atoms with Crippen LogP contribution in [0.4, 0.5) is 5.69 Å². The van der Waals surface area contributed by atoms with Crippen molar-refractivity contribution < 1.29 is 17.9 Å². The smallest absolute Gasteiger partial charge is 0.243 e. The highest BCUT2D eigenvalue weighted by Crippen LogP contribution is 2.25. The van der Waals surface area contributed by atoms with E-state index in [9.17, 15) is 13.2 Å². The molecular formula is C21H24N6O4S2. The number of ether oxygens (including phenoxy) is 1. The summed E-state index contributed by atoms with van der Waals surface area (Å²) in [6.07, 6.45) is 0. The van der Waals surface area contributed by atoms with Gasteiger partial charge in [0.15, 0.2) is 0 Å². The first kappa shape index (κ1) is 23.4. The first-order valence-corrected chi connectivity index (χ1v) is 12.7. The number of hydrogen-bond acceptors (Lipinski definition) is 8. The van der Waals surface area contributed by atoms with Gasteiger partial charge in [-0.2, -0.15) is 8.99 Å². The molecule has 12 heteroatoms. The Morgan fingerprint density at radius 2 is 1.88 bits per heavy atom. The molecule has 174 valence electrons. The third-order valence-electron chi connectivity index (χ3n) is 5.07. The number of nitrogens with one attached hydrogen (secondary N) is 1. The van der Waals surface area contributed by atoms with E-state index in [1.165, 1.54) is 28.2 Å². The molecule has 1 amide bonds. The number of hydrogen-bond donors (Lipinski definition) is 1. The van der Waals surface area contributed by atoms with Crippen molar-refractivity contribution in [1.29, 1.82) is 0 Å². The van der Waals surface area contributed by atoms with Crippen LogP contribution < -0.4 is 5.32 Å². The van der Waals surface area contributed by atoms with E-state index >= 15 is 0 Å². The zero-order valence-electron chi connectivity index (χ0n) is 18.2. The molecular weight excluding hydrogens is 464 g/mol. The molecule has 2 aromatic carbocycles. The quantitative estimate of drug-likeness (QED) is 0.502. The molecule has 1 atom stereocenters. The van der Waals surface area contributed by atoms with E-state index in [0.29, 0.717) is 37.1 Å². The van der Waals surface area contributed by atoms with E-state index in [2.05, 4.69) is 20.8 Å². The predicted octanol–water partition coefficient (Wildman–Crippen LogP) is 2.11. The molecule has 0 spiro atoms. The molecule has 10 nitrogen and oxygen atoms in total. The number of sulfonamides is 1. The number of carbonyl (C=O) groups excluding carboxylic acids is 1. The topological polar surface area (TPSA) is 119 Å². The summed E-state index contributed by atoms with van der Waals surface area (Å²) in [4.78, 5) is 12.9. The van der Waals surface area contributed by atoms with Crippen molar-refractivity contribution in [3.8, 4) is 5.69 Å². The molecule has 1 aliphatic heterocycles. The summed E-state index contributed by atoms with van der Waals surface area (Å²) in [7, 11) is -3.58. The van der Waals surface area contributed by atoms with Crippen LogP contribution in [0.5, 0.6) is 0 Å². The number of rotatable bonds is 7. The fraction of sp³-hybridized carbons (Fsp3) is 0.333. The number of nitrogens with zero attached hydrogens (tertiary/aromatic N) is 5. The Morgan fingerprint density at radius 1 is 1.15 bits per heavy atom. The van der Waals surface area contributed by atoms with Crippen LogP contribution in [0.2, 0.25) is 0 Å². The van der Waals surface area contributed by atoms with Gasteiger partial charge in [-0.25, -0.2) is 8.42 Å². The van der Waals surface area contributed by atoms with Crippen LogP contribution >= 0.6 is 11.8 Å². The summed E-state index contributed by atoms with van der Waals surface area (Å²) in [5.41, 5.74) is 2.39. The summed E-state index contributed by atoms with van der Waals surface area (Å²) in [5.74, 6) is -0.248. The third-order valence-corrected chi connectivity index (χ3v) is 8.01. The van der Waals surface area contributed by atoms with E-state index in [0.717, 1.165) is 11.3 Å². The van der Waals surface area contributed by atoms with Crippen LogP contribution in [0, 0.1) is 6.92 Å². The second kappa shape index (κ2) is 10.00. The fourth-order valence-corrected chi connectivity index (χ4v) is 5.49. The molecule has 1 aliphatic rings. The van der Waals surface area contributed by atoms with Gasteiger partial charge in [0, 0.05) is 18.8 Å². The minimum Gasteiger partial charge on any atom is -0.379 e. The van der Waals surface area contributed by atoms with Crippen molar-refractivity contribution >= 4 is 33.4 Å². The van der Waals surface area contributed by atoms with Crippen molar-refractivity contribution in [2.75, 3.05) is 31.6 Å². The van der Waals surface area contributed by atoms with Crippen molar-refractivity contribution in [3.63, 3.8) is 0 Å². The zero-order valence-corrected chi connectivity index (χ0v) is 19.8. The molecule has 0 saturated carbocycles. The number of morpholine rings is 1. The van der Waals surface area contributed by atoms with Crippen LogP contribution in [-0.2, 0) is 19.6 Å². The summed E-state index contributed by atoms with van der Waals surface area (Å²) >= 11 is 1.23. The van der Waals surface area contributed by atoms with Gasteiger partial charge in [0.1, 0.15) is 0 Å². The first-order valence-electron chi connectivity index (χ1n) is 10.4. The Labute approximate surface area is 196 Å². The van der Waals surface area contributed by atoms with Gasteiger partial charge >= 0.3 is 0 Å². The van der Waals surface area contributed by atoms with Crippen LogP contribution in [0.25, 0.3) is 5.69 Å². The fourth-order valence-electron chi connectivity index (χ4n) is 3.28. The molecule has 1 aromatic heterocycles. The lowest BCUT2D eigenvalue weighted by Gasteiger charge is -2.26. The van der Waals surface area contributed by atoms with Gasteiger partial charge in [-0.05, 0) is 66.2 Å². The molecule has 33 heavy (non-hydrogen) atoms. The molecule has 1 N–H and O–H groups in total. The van der Waals surface area contributed by atoms with E-state index in [4.69, 9.17) is 4.74 Å². The monoisotopic (exact) mass is 488 g/mol. The SMILES string of the molecule is Cc1cccc(-n2nnnc2S[C@@H](C)C(=O)Nc2ccc(S(=O)(=O)N3CCOCC3)cc2)c1. The largest absolute Gasteiger partial charge is 0.379 e. The highest BCUT2D eigenvalue weighted by Gasteiger charge is 2.26. The van der Waals surface area contributed by atoms with Crippen molar-refractivity contribution in [2.24, 2.45) is 0 Å². The van der Waals surface area contributed by atoms with Gasteiger partial charge in [0.25, 0.3) is 0 Å². The van der Waals surface area contributed by atoms with Crippen LogP contribution in [0.15, 0.2) is 58.6 Å². The van der Waals surface area contributed by atoms with Gasteiger partial charge in [-0.3, -0.25) is 4.79 Å². The Kier molecular flexibility index (Phi) is 7.08. The molecule has 0 bridgehead atoms. The molecule has 1 fully saturated rings. The Bertz CT molecular complexity index is 1220. The molecule has 4 rings (SSSR count). The number of amides is 1. The lowest BCUT2D eigenvalue weighted by molar-refractivity contribution is -0.115. The summed E-state index contributed by atoms with van der Waals surface area (Å²) in [6, 6.07) is 13.9. The standard InChI is InChI=1S/C21H24N6O4S2/c1-15-4-3-5-18(14-15)27-21(23-24-25-27)32-16(2)20(28)22-17-6-8-19(9-7-17)33(29,30)26-10-12-31-13-11-26/h3-9,14,16H,10-13H2,1-2H3,(H,22,28)/t16-/m0/s1. The minimum absolute atomic E-state index is 0.183. The first-order chi connectivity index (χ1) is 15.8. The highest BCUT2D eigenvalue weighted by molar-refractivity contribution is 8.00. The third kappa shape index (κ3) is 5.41. The molecule has 2 heterocycles. The molecule has 0 unspecified atom stereocenters. The van der Waals surface area contributed by atoms with Crippen molar-refractivity contribution in [3.05, 3.63) is 54.1 Å². The average Bonchev–Trinajstić information content (AvgIpc) is 3.28. The van der Waals surface area contributed by atoms with Crippen molar-refractivity contribution in [1.82, 2.24) is 24.5 Å². The normalized spacial score (nSPS) is 15.8. The van der Waals surface area contributed by atoms with E-state index in [-0.39, 0.29) is 10.8 Å². The van der Waals surface area contributed by atoms with Crippen LogP contribution in [0.1, 0.15) is 12.5 Å². The Morgan fingerprint density at radius 3 is 2.58 bits per heavy atom. The Hall–Kier alpha value is -2.80. The second-order valence-corrected chi connectivity index (χ2v) is 10.7. The molecule has 1 saturated heterocycles. The van der Waals surface area contributed by atoms with E-state index in [1.54, 1.807) is 23.7 Å². The van der Waals surface area contributed by atoms with Crippen LogP contribution in [-0.4, -0.2) is 70.4 Å². The summed E-state index contributed by atoms with van der Waals surface area (Å²) in [5, 5.41) is 14.6.